The van der Waals surface area contributed by atoms with Crippen LogP contribution in [0.25, 0.3) is 0 Å². The molecule has 0 radical (unpaired) electrons. The van der Waals surface area contributed by atoms with E-state index < -0.39 is 147 Å². The van der Waals surface area contributed by atoms with Crippen LogP contribution in [-0.2, 0) is 61.9 Å². The Balaban J connectivity index is 1.69. The number of hydrogen-bond acceptors (Lipinski definition) is 23. The van der Waals surface area contributed by atoms with Gasteiger partial charge in [-0.2, -0.15) is 0 Å². The first-order chi connectivity index (χ1) is 34.9. The SMILES string of the molecule is CC(=O)N[C@H]1[C@@H](OCCCNCCC(=O)N(CCCO[C@H]2O[C@H](CO)[C@H](O)[C@H](O)[C@H]2NC(C)=O)CCC(=O)N(CCCO[C@H]2O[C@H](CO)[C@H](O)[C@H](O)[C@H]2NC(C)=O)CCC(=O)OC(C)(C)C)O[C@H](CO)[C@H](O)[C@@H]1O. The first-order valence-electron chi connectivity index (χ1n) is 24.9. The molecule has 28 heteroatoms. The summed E-state index contributed by atoms with van der Waals surface area (Å²) < 4.78 is 39.7. The summed E-state index contributed by atoms with van der Waals surface area (Å²) in [5.74, 6) is -2.99. The Hall–Kier alpha value is -3.82. The van der Waals surface area contributed by atoms with Crippen LogP contribution in [0.2, 0.25) is 0 Å². The van der Waals surface area contributed by atoms with Crippen LogP contribution in [0.3, 0.4) is 0 Å². The summed E-state index contributed by atoms with van der Waals surface area (Å²) in [7, 11) is 0. The number of rotatable bonds is 30. The van der Waals surface area contributed by atoms with Gasteiger partial charge < -0.3 is 110 Å². The second-order valence-electron chi connectivity index (χ2n) is 19.3. The molecule has 15 atom stereocenters. The van der Waals surface area contributed by atoms with E-state index in [1.54, 1.807) is 20.8 Å². The molecule has 74 heavy (non-hydrogen) atoms. The average molecular weight is 1070 g/mol. The van der Waals surface area contributed by atoms with Gasteiger partial charge in [-0.1, -0.05) is 0 Å². The maximum absolute atomic E-state index is 14.0. The number of esters is 1. The van der Waals surface area contributed by atoms with E-state index >= 15 is 0 Å². The van der Waals surface area contributed by atoms with Gasteiger partial charge >= 0.3 is 5.97 Å². The summed E-state index contributed by atoms with van der Waals surface area (Å²) in [5, 5.41) is 102. The Morgan fingerprint density at radius 3 is 1.19 bits per heavy atom. The molecule has 5 amide bonds. The Morgan fingerprint density at radius 2 is 0.838 bits per heavy atom. The molecule has 3 heterocycles. The number of aliphatic hydroxyl groups excluding tert-OH is 9. The van der Waals surface area contributed by atoms with E-state index in [0.717, 1.165) is 0 Å². The molecule has 28 nitrogen and oxygen atoms in total. The fourth-order valence-corrected chi connectivity index (χ4v) is 8.35. The molecule has 0 unspecified atom stereocenters. The van der Waals surface area contributed by atoms with Crippen molar-refractivity contribution >= 4 is 35.5 Å². The first-order valence-corrected chi connectivity index (χ1v) is 24.9. The first kappa shape index (κ1) is 64.5. The summed E-state index contributed by atoms with van der Waals surface area (Å²) in [6, 6.07) is -3.51. The number of hydrogen-bond donors (Lipinski definition) is 13. The zero-order valence-corrected chi connectivity index (χ0v) is 43.1. The van der Waals surface area contributed by atoms with E-state index in [1.807, 2.05) is 0 Å². The normalized spacial score (nSPS) is 30.2. The minimum Gasteiger partial charge on any atom is -0.460 e. The van der Waals surface area contributed by atoms with Crippen LogP contribution in [0, 0.1) is 0 Å². The van der Waals surface area contributed by atoms with Crippen molar-refractivity contribution in [3.63, 3.8) is 0 Å². The van der Waals surface area contributed by atoms with Crippen molar-refractivity contribution in [2.45, 2.75) is 178 Å². The number of amides is 5. The molecule has 3 saturated heterocycles. The number of nitrogens with zero attached hydrogens (tertiary/aromatic N) is 2. The van der Waals surface area contributed by atoms with Crippen molar-refractivity contribution in [2.75, 3.05) is 78.9 Å². The second-order valence-corrected chi connectivity index (χ2v) is 19.3. The van der Waals surface area contributed by atoms with Gasteiger partial charge in [-0.25, -0.2) is 0 Å². The molecule has 0 aromatic rings. The molecule has 3 aliphatic heterocycles. The molecule has 0 saturated carbocycles. The van der Waals surface area contributed by atoms with Crippen LogP contribution in [-0.4, -0.2) is 268 Å². The predicted octanol–water partition coefficient (Wildman–Crippen LogP) is -6.20. The van der Waals surface area contributed by atoms with Gasteiger partial charge in [0.15, 0.2) is 18.9 Å². The summed E-state index contributed by atoms with van der Waals surface area (Å²) in [6.45, 7) is 7.02. The van der Waals surface area contributed by atoms with Gasteiger partial charge in [0.25, 0.3) is 0 Å². The fourth-order valence-electron chi connectivity index (χ4n) is 8.35. The van der Waals surface area contributed by atoms with Gasteiger partial charge in [0.2, 0.25) is 29.5 Å². The summed E-state index contributed by atoms with van der Waals surface area (Å²) in [4.78, 5) is 79.0. The van der Waals surface area contributed by atoms with E-state index in [4.69, 9.17) is 33.2 Å². The van der Waals surface area contributed by atoms with Crippen LogP contribution in [0.15, 0.2) is 0 Å². The van der Waals surface area contributed by atoms with Gasteiger partial charge in [0.05, 0.1) is 46.1 Å². The third-order valence-corrected chi connectivity index (χ3v) is 12.1. The lowest BCUT2D eigenvalue weighted by atomic mass is 9.97. The lowest BCUT2D eigenvalue weighted by Gasteiger charge is -2.42. The molecule has 0 aliphatic carbocycles. The Kier molecular flexibility index (Phi) is 27.9. The molecule has 0 aromatic carbocycles. The highest BCUT2D eigenvalue weighted by molar-refractivity contribution is 5.80. The van der Waals surface area contributed by atoms with Gasteiger partial charge in [0, 0.05) is 66.3 Å². The molecule has 428 valence electrons. The summed E-state index contributed by atoms with van der Waals surface area (Å²) in [5.41, 5.74) is -0.805. The van der Waals surface area contributed by atoms with E-state index in [9.17, 15) is 74.7 Å². The number of carbonyl (C=O) groups excluding carboxylic acids is 6. The van der Waals surface area contributed by atoms with E-state index in [1.165, 1.54) is 30.6 Å². The fraction of sp³-hybridized carbons (Fsp3) is 0.870. The van der Waals surface area contributed by atoms with Crippen LogP contribution in [0.4, 0.5) is 0 Å². The smallest absolute Gasteiger partial charge is 0.308 e. The number of ether oxygens (including phenoxy) is 7. The minimum atomic E-state index is -1.55. The number of carbonyl (C=O) groups is 6. The molecule has 0 spiro atoms. The number of nitrogens with one attached hydrogen (secondary N) is 4. The molecule has 3 rings (SSSR count). The standard InChI is InChI=1S/C46H82N6O22/c1-25(56)48-34-40(65)37(62)28(22-53)71-43(34)68-19-7-13-47-14-10-31(59)51(15-8-20-69-44-35(49-26(2)57)41(66)38(63)29(23-54)72-44)17-11-32(60)52(18-12-33(61)74-46(4,5)6)16-9-21-70-45-36(50-27(3)58)42(67)39(64)30(24-55)73-45/h28-30,34-45,47,53-55,62-67H,7-24H2,1-6H3,(H,48,56)(H,49,57)(H,50,58)/t28-,29-,30-,34-,35-,36-,37+,38+,39+,40-,41-,42-,43+,44+,45+/m1/s1. The molecule has 0 bridgehead atoms. The highest BCUT2D eigenvalue weighted by Gasteiger charge is 2.48. The van der Waals surface area contributed by atoms with Crippen LogP contribution in [0.1, 0.15) is 80.1 Å². The van der Waals surface area contributed by atoms with Crippen LogP contribution >= 0.6 is 0 Å². The number of aliphatic hydroxyl groups is 9. The summed E-state index contributed by atoms with van der Waals surface area (Å²) in [6.07, 6.45) is -16.2. The lowest BCUT2D eigenvalue weighted by Crippen LogP contribution is -2.64. The highest BCUT2D eigenvalue weighted by atomic mass is 16.7. The molecule has 3 aliphatic rings. The van der Waals surface area contributed by atoms with Gasteiger partial charge in [-0.05, 0) is 46.6 Å². The van der Waals surface area contributed by atoms with Crippen molar-refractivity contribution in [3.05, 3.63) is 0 Å². The van der Waals surface area contributed by atoms with Crippen molar-refractivity contribution in [1.29, 1.82) is 0 Å². The predicted molar refractivity (Wildman–Crippen MR) is 254 cm³/mol. The lowest BCUT2D eigenvalue weighted by molar-refractivity contribution is -0.270. The second kappa shape index (κ2) is 32.0. The zero-order valence-electron chi connectivity index (χ0n) is 43.1. The molecule has 13 N–H and O–H groups in total. The van der Waals surface area contributed by atoms with Crippen LogP contribution < -0.4 is 21.3 Å². The molecule has 0 aromatic heterocycles. The Bertz CT molecular complexity index is 1750. The van der Waals surface area contributed by atoms with Crippen molar-refractivity contribution in [2.24, 2.45) is 0 Å². The molecule has 3 fully saturated rings. The van der Waals surface area contributed by atoms with Crippen molar-refractivity contribution in [1.82, 2.24) is 31.1 Å². The monoisotopic (exact) mass is 1070 g/mol. The minimum absolute atomic E-state index is 0.0285. The van der Waals surface area contributed by atoms with Gasteiger partial charge in [-0.3, -0.25) is 28.8 Å². The Labute approximate surface area is 430 Å². The maximum Gasteiger partial charge on any atom is 0.308 e. The largest absolute Gasteiger partial charge is 0.460 e. The summed E-state index contributed by atoms with van der Waals surface area (Å²) >= 11 is 0. The Morgan fingerprint density at radius 1 is 0.486 bits per heavy atom. The van der Waals surface area contributed by atoms with Crippen molar-refractivity contribution < 1.29 is 108 Å². The third kappa shape index (κ3) is 21.0. The van der Waals surface area contributed by atoms with E-state index in [-0.39, 0.29) is 90.6 Å². The van der Waals surface area contributed by atoms with Crippen molar-refractivity contribution in [3.8, 4) is 0 Å². The zero-order chi connectivity index (χ0) is 55.3. The third-order valence-electron chi connectivity index (χ3n) is 12.1. The average Bonchev–Trinajstić information content (AvgIpc) is 3.33. The topological polar surface area (TPSA) is 404 Å². The quantitative estimate of drug-likeness (QED) is 0.0235. The van der Waals surface area contributed by atoms with E-state index in [0.29, 0.717) is 13.0 Å². The van der Waals surface area contributed by atoms with Crippen LogP contribution in [0.5, 0.6) is 0 Å². The molecular weight excluding hydrogens is 989 g/mol. The highest BCUT2D eigenvalue weighted by Crippen LogP contribution is 2.25. The maximum atomic E-state index is 14.0. The van der Waals surface area contributed by atoms with Gasteiger partial charge in [0.1, 0.15) is 78.7 Å². The van der Waals surface area contributed by atoms with E-state index in [2.05, 4.69) is 21.3 Å². The molecular formula is C46H82N6O22. The van der Waals surface area contributed by atoms with Gasteiger partial charge in [-0.15, -0.1) is 0 Å².